The Morgan fingerprint density at radius 1 is 1.29 bits per heavy atom. The van der Waals surface area contributed by atoms with Gasteiger partial charge in [-0.15, -0.1) is 0 Å². The lowest BCUT2D eigenvalue weighted by Gasteiger charge is -2.13. The van der Waals surface area contributed by atoms with Gasteiger partial charge in [0.05, 0.1) is 11.5 Å². The third kappa shape index (κ3) is 5.35. The highest BCUT2D eigenvalue weighted by molar-refractivity contribution is 7.89. The summed E-state index contributed by atoms with van der Waals surface area (Å²) in [4.78, 5) is 10.9. The molecule has 2 N–H and O–H groups in total. The number of carboxylic acids is 1. The molecule has 0 bridgehead atoms. The molecule has 1 aromatic carbocycles. The summed E-state index contributed by atoms with van der Waals surface area (Å²) in [5.41, 5.74) is 0. The van der Waals surface area contributed by atoms with E-state index in [1.807, 2.05) is 13.8 Å². The molecule has 1 rings (SSSR count). The van der Waals surface area contributed by atoms with Crippen LogP contribution in [0, 0.1) is 5.92 Å². The predicted molar refractivity (Wildman–Crippen MR) is 78.8 cm³/mol. The van der Waals surface area contributed by atoms with Crippen molar-refractivity contribution in [2.45, 2.75) is 38.1 Å². The number of nitrogens with one attached hydrogen (secondary N) is 1. The number of carbonyl (C=O) groups is 1. The van der Waals surface area contributed by atoms with E-state index in [1.165, 1.54) is 12.1 Å². The number of ether oxygens (including phenoxy) is 1. The van der Waals surface area contributed by atoms with Crippen LogP contribution < -0.4 is 9.46 Å². The molecule has 0 aliphatic heterocycles. The Morgan fingerprint density at radius 2 is 1.86 bits per heavy atom. The Morgan fingerprint density at radius 3 is 2.29 bits per heavy atom. The van der Waals surface area contributed by atoms with E-state index in [0.29, 0.717) is 18.3 Å². The number of rotatable bonds is 8. The molecule has 0 radical (unpaired) electrons. The van der Waals surface area contributed by atoms with Gasteiger partial charge in [-0.3, -0.25) is 4.79 Å². The first-order valence-electron chi connectivity index (χ1n) is 6.74. The Bertz CT molecular complexity index is 566. The quantitative estimate of drug-likeness (QED) is 0.764. The van der Waals surface area contributed by atoms with Crippen molar-refractivity contribution in [1.82, 2.24) is 4.72 Å². The second kappa shape index (κ2) is 7.42. The molecule has 0 aliphatic rings. The van der Waals surface area contributed by atoms with Crippen molar-refractivity contribution >= 4 is 16.0 Å². The van der Waals surface area contributed by atoms with Gasteiger partial charge in [0.1, 0.15) is 11.8 Å². The summed E-state index contributed by atoms with van der Waals surface area (Å²) in [6, 6.07) is 4.77. The number of sulfonamides is 1. The van der Waals surface area contributed by atoms with Crippen LogP contribution >= 0.6 is 0 Å². The van der Waals surface area contributed by atoms with E-state index < -0.39 is 22.0 Å². The van der Waals surface area contributed by atoms with Crippen LogP contribution in [0.15, 0.2) is 29.2 Å². The fraction of sp³-hybridized carbons (Fsp3) is 0.500. The molecule has 0 amide bonds. The average molecular weight is 315 g/mol. The van der Waals surface area contributed by atoms with Gasteiger partial charge in [-0.1, -0.05) is 20.8 Å². The monoisotopic (exact) mass is 315 g/mol. The Kier molecular flexibility index (Phi) is 6.17. The predicted octanol–water partition coefficient (Wildman–Crippen LogP) is 1.86. The Labute approximate surface area is 125 Å². The third-order valence-electron chi connectivity index (χ3n) is 2.72. The van der Waals surface area contributed by atoms with Gasteiger partial charge in [0, 0.05) is 0 Å². The maximum absolute atomic E-state index is 12.1. The van der Waals surface area contributed by atoms with E-state index in [1.54, 1.807) is 19.1 Å². The molecule has 0 fully saturated rings. The molecule has 0 saturated carbocycles. The lowest BCUT2D eigenvalue weighted by Crippen LogP contribution is -2.40. The number of hydrogen-bond donors (Lipinski definition) is 2. The minimum absolute atomic E-state index is 0.0131. The topological polar surface area (TPSA) is 92.7 Å². The molecule has 0 aromatic heterocycles. The number of aliphatic carboxylic acids is 1. The van der Waals surface area contributed by atoms with Crippen LogP contribution in [-0.4, -0.2) is 32.1 Å². The smallest absolute Gasteiger partial charge is 0.321 e. The molecule has 118 valence electrons. The zero-order valence-electron chi connectivity index (χ0n) is 12.4. The van der Waals surface area contributed by atoms with Gasteiger partial charge in [0.25, 0.3) is 0 Å². The molecular formula is C14H21NO5S. The second-order valence-corrected chi connectivity index (χ2v) is 6.81. The summed E-state index contributed by atoms with van der Waals surface area (Å²) < 4.78 is 31.8. The van der Waals surface area contributed by atoms with Gasteiger partial charge in [-0.05, 0) is 36.6 Å². The van der Waals surface area contributed by atoms with Gasteiger partial charge in [-0.2, -0.15) is 4.72 Å². The van der Waals surface area contributed by atoms with E-state index in [9.17, 15) is 13.2 Å². The number of carboxylic acid groups (broad SMARTS) is 1. The van der Waals surface area contributed by atoms with Gasteiger partial charge in [0.2, 0.25) is 10.0 Å². The molecule has 7 heteroatoms. The summed E-state index contributed by atoms with van der Waals surface area (Å²) in [6.45, 7) is 6.17. The van der Waals surface area contributed by atoms with E-state index in [2.05, 4.69) is 4.72 Å². The Balaban J connectivity index is 2.82. The molecule has 1 atom stereocenters. The molecule has 0 saturated heterocycles. The van der Waals surface area contributed by atoms with Crippen molar-refractivity contribution in [3.8, 4) is 5.75 Å². The number of benzene rings is 1. The van der Waals surface area contributed by atoms with Crippen molar-refractivity contribution in [1.29, 1.82) is 0 Å². The molecular weight excluding hydrogens is 294 g/mol. The Hall–Kier alpha value is -1.60. The fourth-order valence-corrected chi connectivity index (χ4v) is 2.81. The molecule has 21 heavy (non-hydrogen) atoms. The number of hydrogen-bond acceptors (Lipinski definition) is 4. The lowest BCUT2D eigenvalue weighted by molar-refractivity contribution is -0.139. The first kappa shape index (κ1) is 17.5. The van der Waals surface area contributed by atoms with Crippen LogP contribution in [0.5, 0.6) is 5.75 Å². The minimum atomic E-state index is -3.85. The first-order valence-corrected chi connectivity index (χ1v) is 8.22. The minimum Gasteiger partial charge on any atom is -0.493 e. The van der Waals surface area contributed by atoms with Crippen molar-refractivity contribution in [2.24, 2.45) is 5.92 Å². The van der Waals surface area contributed by atoms with E-state index in [-0.39, 0.29) is 11.3 Å². The first-order chi connectivity index (χ1) is 9.76. The zero-order valence-corrected chi connectivity index (χ0v) is 13.2. The van der Waals surface area contributed by atoms with Gasteiger partial charge >= 0.3 is 5.97 Å². The zero-order chi connectivity index (χ0) is 16.0. The summed E-state index contributed by atoms with van der Waals surface area (Å²) in [5.74, 6) is -0.248. The molecule has 6 nitrogen and oxygen atoms in total. The van der Waals surface area contributed by atoms with E-state index in [0.717, 1.165) is 0 Å². The highest BCUT2D eigenvalue weighted by Gasteiger charge is 2.23. The highest BCUT2D eigenvalue weighted by Crippen LogP contribution is 2.17. The highest BCUT2D eigenvalue weighted by atomic mass is 32.2. The standard InChI is InChI=1S/C14H21NO5S/c1-4-13(14(16)17)15-21(18,19)12-7-5-11(6-8-12)20-9-10(2)3/h5-8,10,13,15H,4,9H2,1-3H3,(H,16,17)/t13-/m0/s1. The average Bonchev–Trinajstić information content (AvgIpc) is 2.42. The fourth-order valence-electron chi connectivity index (χ4n) is 1.54. The summed E-state index contributed by atoms with van der Waals surface area (Å²) in [6.07, 6.45) is 0.171. The maximum atomic E-state index is 12.1. The van der Waals surface area contributed by atoms with Crippen LogP contribution in [-0.2, 0) is 14.8 Å². The lowest BCUT2D eigenvalue weighted by atomic mass is 10.2. The largest absolute Gasteiger partial charge is 0.493 e. The van der Waals surface area contributed by atoms with E-state index in [4.69, 9.17) is 9.84 Å². The second-order valence-electron chi connectivity index (χ2n) is 5.10. The molecule has 0 unspecified atom stereocenters. The van der Waals surface area contributed by atoms with E-state index >= 15 is 0 Å². The van der Waals surface area contributed by atoms with Gasteiger partial charge in [-0.25, -0.2) is 8.42 Å². The SMILES string of the molecule is CC[C@H](NS(=O)(=O)c1ccc(OCC(C)C)cc1)C(=O)O. The van der Waals surface area contributed by atoms with Crippen molar-refractivity contribution in [2.75, 3.05) is 6.61 Å². The van der Waals surface area contributed by atoms with Gasteiger partial charge < -0.3 is 9.84 Å². The van der Waals surface area contributed by atoms with Crippen LogP contribution in [0.3, 0.4) is 0 Å². The van der Waals surface area contributed by atoms with Crippen LogP contribution in [0.4, 0.5) is 0 Å². The summed E-state index contributed by atoms with van der Waals surface area (Å²) in [5, 5.41) is 8.90. The third-order valence-corrected chi connectivity index (χ3v) is 4.21. The van der Waals surface area contributed by atoms with Gasteiger partial charge in [0.15, 0.2) is 0 Å². The molecule has 1 aromatic rings. The van der Waals surface area contributed by atoms with Crippen molar-refractivity contribution in [3.63, 3.8) is 0 Å². The normalized spacial score (nSPS) is 13.1. The molecule has 0 aliphatic carbocycles. The van der Waals surface area contributed by atoms with Crippen LogP contribution in [0.2, 0.25) is 0 Å². The maximum Gasteiger partial charge on any atom is 0.321 e. The molecule has 0 heterocycles. The van der Waals surface area contributed by atoms with Crippen LogP contribution in [0.25, 0.3) is 0 Å². The van der Waals surface area contributed by atoms with Crippen molar-refractivity contribution in [3.05, 3.63) is 24.3 Å². The summed E-state index contributed by atoms with van der Waals surface area (Å²) >= 11 is 0. The molecule has 0 spiro atoms. The summed E-state index contributed by atoms with van der Waals surface area (Å²) in [7, 11) is -3.85. The van der Waals surface area contributed by atoms with Crippen LogP contribution in [0.1, 0.15) is 27.2 Å². The van der Waals surface area contributed by atoms with Crippen molar-refractivity contribution < 1.29 is 23.1 Å².